The van der Waals surface area contributed by atoms with E-state index in [-0.39, 0.29) is 16.8 Å². The van der Waals surface area contributed by atoms with Crippen LogP contribution >= 0.6 is 0 Å². The molecule has 3 fully saturated rings. The van der Waals surface area contributed by atoms with Gasteiger partial charge in [-0.1, -0.05) is 0 Å². The normalized spacial score (nSPS) is 24.4. The zero-order chi connectivity index (χ0) is 16.7. The van der Waals surface area contributed by atoms with Crippen LogP contribution in [-0.4, -0.2) is 49.4 Å². The van der Waals surface area contributed by atoms with Crippen LogP contribution in [0.2, 0.25) is 0 Å². The Hall–Kier alpha value is -1.67. The van der Waals surface area contributed by atoms with Crippen LogP contribution in [0.3, 0.4) is 0 Å². The van der Waals surface area contributed by atoms with Crippen LogP contribution in [0.25, 0.3) is 0 Å². The number of likely N-dealkylation sites (tertiary alicyclic amines) is 1. The summed E-state index contributed by atoms with van der Waals surface area (Å²) in [5.74, 6) is 1.29. The second-order valence-electron chi connectivity index (χ2n) is 7.00. The molecular formula is C16H22N4O3S. The summed E-state index contributed by atoms with van der Waals surface area (Å²) in [6, 6.07) is 3.69. The van der Waals surface area contributed by atoms with Crippen LogP contribution in [0, 0.1) is 5.92 Å². The number of hydrogen-bond acceptors (Lipinski definition) is 5. The van der Waals surface area contributed by atoms with E-state index < -0.39 is 10.0 Å². The van der Waals surface area contributed by atoms with Crippen molar-refractivity contribution in [3.63, 3.8) is 0 Å². The molecule has 3 aliphatic rings. The van der Waals surface area contributed by atoms with E-state index in [1.807, 2.05) is 4.90 Å². The largest absolute Gasteiger partial charge is 0.365 e. The van der Waals surface area contributed by atoms with Gasteiger partial charge in [0.15, 0.2) is 0 Å². The molecule has 1 aliphatic heterocycles. The van der Waals surface area contributed by atoms with Crippen molar-refractivity contribution >= 4 is 21.7 Å². The topological polar surface area (TPSA) is 91.4 Å². The van der Waals surface area contributed by atoms with E-state index in [9.17, 15) is 13.2 Å². The Balaban J connectivity index is 1.36. The van der Waals surface area contributed by atoms with E-state index in [1.165, 1.54) is 6.20 Å². The van der Waals surface area contributed by atoms with Gasteiger partial charge < -0.3 is 10.2 Å². The van der Waals surface area contributed by atoms with Gasteiger partial charge in [-0.2, -0.15) is 0 Å². The van der Waals surface area contributed by atoms with E-state index in [4.69, 9.17) is 0 Å². The molecule has 2 saturated carbocycles. The Morgan fingerprint density at radius 1 is 1.21 bits per heavy atom. The fourth-order valence-electron chi connectivity index (χ4n) is 3.03. The first kappa shape index (κ1) is 15.8. The molecule has 1 aromatic rings. The quantitative estimate of drug-likeness (QED) is 0.764. The van der Waals surface area contributed by atoms with Crippen molar-refractivity contribution < 1.29 is 13.2 Å². The number of amides is 1. The minimum atomic E-state index is -3.48. The minimum Gasteiger partial charge on any atom is -0.365 e. The van der Waals surface area contributed by atoms with Gasteiger partial charge in [-0.05, 0) is 43.7 Å². The third kappa shape index (κ3) is 3.54. The van der Waals surface area contributed by atoms with Crippen molar-refractivity contribution in [2.45, 2.75) is 49.1 Å². The number of aromatic nitrogens is 1. The van der Waals surface area contributed by atoms with Crippen LogP contribution in [-0.2, 0) is 14.8 Å². The zero-order valence-electron chi connectivity index (χ0n) is 13.4. The first-order chi connectivity index (χ1) is 11.5. The highest BCUT2D eigenvalue weighted by atomic mass is 32.2. The van der Waals surface area contributed by atoms with Crippen molar-refractivity contribution in [3.05, 3.63) is 18.3 Å². The van der Waals surface area contributed by atoms with Gasteiger partial charge in [0.25, 0.3) is 0 Å². The van der Waals surface area contributed by atoms with Crippen molar-refractivity contribution in [3.8, 4) is 0 Å². The third-order valence-corrected chi connectivity index (χ3v) is 6.21. The van der Waals surface area contributed by atoms with Gasteiger partial charge >= 0.3 is 0 Å². The van der Waals surface area contributed by atoms with Crippen LogP contribution in [0.5, 0.6) is 0 Å². The van der Waals surface area contributed by atoms with Gasteiger partial charge in [0, 0.05) is 31.7 Å². The highest BCUT2D eigenvalue weighted by Gasteiger charge is 2.39. The molecule has 24 heavy (non-hydrogen) atoms. The number of carbonyl (C=O) groups is 1. The first-order valence-electron chi connectivity index (χ1n) is 8.53. The molecule has 0 bridgehead atoms. The lowest BCUT2D eigenvalue weighted by Gasteiger charge is -2.16. The Kier molecular flexibility index (Phi) is 3.96. The maximum absolute atomic E-state index is 12.2. The number of nitrogens with zero attached hydrogens (tertiary/aromatic N) is 2. The molecule has 2 heterocycles. The summed E-state index contributed by atoms with van der Waals surface area (Å²) in [6.45, 7) is 1.21. The Morgan fingerprint density at radius 3 is 2.62 bits per heavy atom. The lowest BCUT2D eigenvalue weighted by molar-refractivity contribution is -0.128. The average molecular weight is 350 g/mol. The van der Waals surface area contributed by atoms with Crippen molar-refractivity contribution in [2.75, 3.05) is 18.4 Å². The van der Waals surface area contributed by atoms with E-state index in [1.54, 1.807) is 12.1 Å². The fraction of sp³-hybridized carbons (Fsp3) is 0.625. The van der Waals surface area contributed by atoms with Crippen LogP contribution in [0.15, 0.2) is 23.2 Å². The smallest absolute Gasteiger partial charge is 0.242 e. The van der Waals surface area contributed by atoms with Crippen molar-refractivity contribution in [1.82, 2.24) is 14.6 Å². The summed E-state index contributed by atoms with van der Waals surface area (Å²) in [5, 5.41) is 3.23. The molecule has 1 atom stereocenters. The molecule has 8 heteroatoms. The molecule has 0 aromatic carbocycles. The average Bonchev–Trinajstić information content (AvgIpc) is 3.45. The summed E-state index contributed by atoms with van der Waals surface area (Å²) < 4.78 is 27.0. The molecule has 130 valence electrons. The number of anilines is 1. The van der Waals surface area contributed by atoms with Gasteiger partial charge in [-0.3, -0.25) is 4.79 Å². The lowest BCUT2D eigenvalue weighted by atomic mass is 10.2. The van der Waals surface area contributed by atoms with Gasteiger partial charge in [0.05, 0.1) is 6.04 Å². The molecule has 2 aliphatic carbocycles. The highest BCUT2D eigenvalue weighted by molar-refractivity contribution is 7.89. The second kappa shape index (κ2) is 6.00. The summed E-state index contributed by atoms with van der Waals surface area (Å²) in [5.41, 5.74) is 0. The molecule has 0 radical (unpaired) electrons. The second-order valence-corrected chi connectivity index (χ2v) is 8.76. The molecule has 4 rings (SSSR count). The molecule has 1 aromatic heterocycles. The molecule has 7 nitrogen and oxygen atoms in total. The number of nitrogens with one attached hydrogen (secondary N) is 2. The van der Waals surface area contributed by atoms with E-state index in [2.05, 4.69) is 15.0 Å². The zero-order valence-corrected chi connectivity index (χ0v) is 14.3. The van der Waals surface area contributed by atoms with E-state index in [0.717, 1.165) is 25.7 Å². The maximum atomic E-state index is 12.2. The summed E-state index contributed by atoms with van der Waals surface area (Å²) >= 11 is 0. The van der Waals surface area contributed by atoms with Crippen molar-refractivity contribution in [2.24, 2.45) is 5.92 Å². The maximum Gasteiger partial charge on any atom is 0.242 e. The summed E-state index contributed by atoms with van der Waals surface area (Å²) in [7, 11) is -3.48. The fourth-order valence-corrected chi connectivity index (χ4v) is 4.09. The summed E-state index contributed by atoms with van der Waals surface area (Å²) in [6.07, 6.45) is 6.26. The molecule has 1 unspecified atom stereocenters. The molecule has 2 N–H and O–H groups in total. The Morgan fingerprint density at radius 2 is 2.00 bits per heavy atom. The highest BCUT2D eigenvalue weighted by Crippen LogP contribution is 2.31. The van der Waals surface area contributed by atoms with Gasteiger partial charge in [0.2, 0.25) is 15.9 Å². The Bertz CT molecular complexity index is 726. The van der Waals surface area contributed by atoms with Crippen molar-refractivity contribution in [1.29, 1.82) is 0 Å². The predicted octanol–water partition coefficient (Wildman–Crippen LogP) is 0.945. The van der Waals surface area contributed by atoms with Gasteiger partial charge in [-0.15, -0.1) is 0 Å². The van der Waals surface area contributed by atoms with Crippen LogP contribution in [0.1, 0.15) is 32.1 Å². The van der Waals surface area contributed by atoms with Crippen LogP contribution < -0.4 is 10.0 Å². The number of hydrogen-bond donors (Lipinski definition) is 2. The standard InChI is InChI=1S/C16H22N4O3S/c21-16-7-12(10-20(16)13-3-4-13)19-15-6-5-14(9-17-15)24(22,23)18-8-11-1-2-11/h5-6,9,11-13,18H,1-4,7-8,10H2,(H,17,19). The molecule has 0 spiro atoms. The minimum absolute atomic E-state index is 0.0426. The molecular weight excluding hydrogens is 328 g/mol. The van der Waals surface area contributed by atoms with Crippen LogP contribution in [0.4, 0.5) is 5.82 Å². The Labute approximate surface area is 141 Å². The molecule has 1 amide bonds. The number of pyridine rings is 1. The van der Waals surface area contributed by atoms with Gasteiger partial charge in [0.1, 0.15) is 10.7 Å². The third-order valence-electron chi connectivity index (χ3n) is 4.80. The van der Waals surface area contributed by atoms with E-state index >= 15 is 0 Å². The predicted molar refractivity (Wildman–Crippen MR) is 88.9 cm³/mol. The molecule has 1 saturated heterocycles. The van der Waals surface area contributed by atoms with E-state index in [0.29, 0.717) is 37.3 Å². The first-order valence-corrected chi connectivity index (χ1v) is 10.0. The SMILES string of the molecule is O=C1CC(Nc2ccc(S(=O)(=O)NCC3CC3)cn2)CN1C1CC1. The van der Waals surface area contributed by atoms with Gasteiger partial charge in [-0.25, -0.2) is 18.1 Å². The summed E-state index contributed by atoms with van der Waals surface area (Å²) in [4.78, 5) is 18.3. The monoisotopic (exact) mass is 350 g/mol. The number of sulfonamides is 1. The lowest BCUT2D eigenvalue weighted by Crippen LogP contribution is -2.30. The number of rotatable bonds is 7. The number of carbonyl (C=O) groups excluding carboxylic acids is 1.